The third kappa shape index (κ3) is 3.83. The summed E-state index contributed by atoms with van der Waals surface area (Å²) in [4.78, 5) is 0. The van der Waals surface area contributed by atoms with Crippen molar-refractivity contribution in [3.8, 4) is 5.75 Å². The number of rotatable bonds is 6. The second-order valence-corrected chi connectivity index (χ2v) is 4.06. The standard InChI is InChI=1S/C13H21NO2/c1-4-16-12-7-5-6-11(8-12)13(9-15)14-10(2)3/h5-8,10,13-15H,4,9H2,1-3H3. The Morgan fingerprint density at radius 2 is 2.12 bits per heavy atom. The van der Waals surface area contributed by atoms with Crippen LogP contribution in [0.25, 0.3) is 0 Å². The van der Waals surface area contributed by atoms with E-state index in [1.165, 1.54) is 0 Å². The number of hydrogen-bond acceptors (Lipinski definition) is 3. The fourth-order valence-corrected chi connectivity index (χ4v) is 1.64. The third-order valence-corrected chi connectivity index (χ3v) is 2.29. The molecular weight excluding hydrogens is 202 g/mol. The molecule has 0 spiro atoms. The molecule has 0 aliphatic carbocycles. The van der Waals surface area contributed by atoms with Gasteiger partial charge in [0.15, 0.2) is 0 Å². The second kappa shape index (κ2) is 6.51. The van der Waals surface area contributed by atoms with E-state index < -0.39 is 0 Å². The molecule has 2 N–H and O–H groups in total. The monoisotopic (exact) mass is 223 g/mol. The average Bonchev–Trinajstić information content (AvgIpc) is 2.26. The predicted octanol–water partition coefficient (Wildman–Crippen LogP) is 2.12. The van der Waals surface area contributed by atoms with Crippen LogP contribution in [0.1, 0.15) is 32.4 Å². The molecule has 90 valence electrons. The molecule has 0 fully saturated rings. The second-order valence-electron chi connectivity index (χ2n) is 4.06. The Kier molecular flexibility index (Phi) is 5.29. The van der Waals surface area contributed by atoms with Crippen LogP contribution in [0, 0.1) is 0 Å². The van der Waals surface area contributed by atoms with Gasteiger partial charge in [-0.05, 0) is 24.6 Å². The predicted molar refractivity (Wildman–Crippen MR) is 65.7 cm³/mol. The van der Waals surface area contributed by atoms with E-state index in [2.05, 4.69) is 19.2 Å². The maximum absolute atomic E-state index is 9.35. The Bertz CT molecular complexity index is 313. The van der Waals surface area contributed by atoms with Gasteiger partial charge in [-0.3, -0.25) is 0 Å². The van der Waals surface area contributed by atoms with Gasteiger partial charge in [0.25, 0.3) is 0 Å². The molecule has 1 atom stereocenters. The Balaban J connectivity index is 2.79. The Labute approximate surface area is 97.4 Å². The van der Waals surface area contributed by atoms with Crippen molar-refractivity contribution in [3.63, 3.8) is 0 Å². The molecule has 0 amide bonds. The van der Waals surface area contributed by atoms with Crippen molar-refractivity contribution in [2.75, 3.05) is 13.2 Å². The molecule has 1 aromatic carbocycles. The molecule has 0 bridgehead atoms. The average molecular weight is 223 g/mol. The zero-order valence-electron chi connectivity index (χ0n) is 10.2. The molecule has 1 unspecified atom stereocenters. The van der Waals surface area contributed by atoms with Gasteiger partial charge in [-0.2, -0.15) is 0 Å². The van der Waals surface area contributed by atoms with Crippen molar-refractivity contribution in [2.45, 2.75) is 32.9 Å². The lowest BCUT2D eigenvalue weighted by Crippen LogP contribution is -2.30. The quantitative estimate of drug-likeness (QED) is 0.776. The first-order valence-corrected chi connectivity index (χ1v) is 5.77. The molecule has 3 heteroatoms. The zero-order chi connectivity index (χ0) is 12.0. The van der Waals surface area contributed by atoms with Crippen LogP contribution in [0.5, 0.6) is 5.75 Å². The highest BCUT2D eigenvalue weighted by Gasteiger charge is 2.11. The number of ether oxygens (including phenoxy) is 1. The van der Waals surface area contributed by atoms with Gasteiger partial charge in [-0.25, -0.2) is 0 Å². The van der Waals surface area contributed by atoms with E-state index in [1.54, 1.807) is 0 Å². The van der Waals surface area contributed by atoms with E-state index in [9.17, 15) is 5.11 Å². The highest BCUT2D eigenvalue weighted by molar-refractivity contribution is 5.30. The van der Waals surface area contributed by atoms with Gasteiger partial charge in [0.1, 0.15) is 5.75 Å². The molecule has 0 saturated carbocycles. The van der Waals surface area contributed by atoms with Crippen molar-refractivity contribution in [1.82, 2.24) is 5.32 Å². The van der Waals surface area contributed by atoms with Crippen LogP contribution in [0.2, 0.25) is 0 Å². The molecule has 1 rings (SSSR count). The van der Waals surface area contributed by atoms with E-state index in [0.717, 1.165) is 11.3 Å². The van der Waals surface area contributed by atoms with Gasteiger partial charge < -0.3 is 15.2 Å². The largest absolute Gasteiger partial charge is 0.494 e. The van der Waals surface area contributed by atoms with Gasteiger partial charge in [0, 0.05) is 6.04 Å². The SMILES string of the molecule is CCOc1cccc(C(CO)NC(C)C)c1. The Hall–Kier alpha value is -1.06. The number of aliphatic hydroxyl groups is 1. The summed E-state index contributed by atoms with van der Waals surface area (Å²) >= 11 is 0. The smallest absolute Gasteiger partial charge is 0.119 e. The van der Waals surface area contributed by atoms with Crippen molar-refractivity contribution >= 4 is 0 Å². The summed E-state index contributed by atoms with van der Waals surface area (Å²) in [5, 5.41) is 12.7. The first-order chi connectivity index (χ1) is 7.67. The minimum absolute atomic E-state index is 0.0274. The third-order valence-electron chi connectivity index (χ3n) is 2.29. The Morgan fingerprint density at radius 1 is 1.38 bits per heavy atom. The number of nitrogens with one attached hydrogen (secondary N) is 1. The van der Waals surface area contributed by atoms with Gasteiger partial charge in [-0.1, -0.05) is 26.0 Å². The number of aliphatic hydroxyl groups excluding tert-OH is 1. The molecule has 0 aliphatic heterocycles. The first-order valence-electron chi connectivity index (χ1n) is 5.77. The summed E-state index contributed by atoms with van der Waals surface area (Å²) in [6.07, 6.45) is 0. The molecule has 16 heavy (non-hydrogen) atoms. The van der Waals surface area contributed by atoms with E-state index in [4.69, 9.17) is 4.74 Å². The normalized spacial score (nSPS) is 12.8. The summed E-state index contributed by atoms with van der Waals surface area (Å²) in [5.74, 6) is 0.851. The minimum Gasteiger partial charge on any atom is -0.494 e. The van der Waals surface area contributed by atoms with Crippen molar-refractivity contribution < 1.29 is 9.84 Å². The van der Waals surface area contributed by atoms with Crippen molar-refractivity contribution in [2.24, 2.45) is 0 Å². The Morgan fingerprint density at radius 3 is 2.69 bits per heavy atom. The maximum Gasteiger partial charge on any atom is 0.119 e. The van der Waals surface area contributed by atoms with Crippen LogP contribution >= 0.6 is 0 Å². The molecule has 1 aromatic rings. The zero-order valence-corrected chi connectivity index (χ0v) is 10.2. The van der Waals surface area contributed by atoms with Crippen LogP contribution in [-0.2, 0) is 0 Å². The van der Waals surface area contributed by atoms with Crippen LogP contribution in [0.3, 0.4) is 0 Å². The molecule has 0 saturated heterocycles. The van der Waals surface area contributed by atoms with E-state index in [0.29, 0.717) is 12.6 Å². The summed E-state index contributed by atoms with van der Waals surface area (Å²) in [5.41, 5.74) is 1.06. The van der Waals surface area contributed by atoms with Crippen molar-refractivity contribution in [3.05, 3.63) is 29.8 Å². The fraction of sp³-hybridized carbons (Fsp3) is 0.538. The van der Waals surface area contributed by atoms with Gasteiger partial charge in [0.2, 0.25) is 0 Å². The van der Waals surface area contributed by atoms with E-state index >= 15 is 0 Å². The summed E-state index contributed by atoms with van der Waals surface area (Å²) in [6, 6.07) is 8.16. The molecule has 0 heterocycles. The lowest BCUT2D eigenvalue weighted by atomic mass is 10.1. The van der Waals surface area contributed by atoms with Gasteiger partial charge >= 0.3 is 0 Å². The molecule has 0 aliphatic rings. The van der Waals surface area contributed by atoms with Crippen molar-refractivity contribution in [1.29, 1.82) is 0 Å². The maximum atomic E-state index is 9.35. The van der Waals surface area contributed by atoms with Crippen LogP contribution < -0.4 is 10.1 Å². The minimum atomic E-state index is -0.0274. The highest BCUT2D eigenvalue weighted by Crippen LogP contribution is 2.19. The lowest BCUT2D eigenvalue weighted by Gasteiger charge is -2.20. The number of benzene rings is 1. The highest BCUT2D eigenvalue weighted by atomic mass is 16.5. The summed E-state index contributed by atoms with van der Waals surface area (Å²) in [6.45, 7) is 6.84. The van der Waals surface area contributed by atoms with E-state index in [1.807, 2.05) is 31.2 Å². The summed E-state index contributed by atoms with van der Waals surface area (Å²) in [7, 11) is 0. The first kappa shape index (κ1) is 13.0. The molecule has 0 radical (unpaired) electrons. The van der Waals surface area contributed by atoms with E-state index in [-0.39, 0.29) is 12.6 Å². The topological polar surface area (TPSA) is 41.5 Å². The molecule has 3 nitrogen and oxygen atoms in total. The van der Waals surface area contributed by atoms with Gasteiger partial charge in [0.05, 0.1) is 19.3 Å². The molecule has 0 aromatic heterocycles. The number of hydrogen-bond donors (Lipinski definition) is 2. The lowest BCUT2D eigenvalue weighted by molar-refractivity contribution is 0.237. The summed E-state index contributed by atoms with van der Waals surface area (Å²) < 4.78 is 5.44. The van der Waals surface area contributed by atoms with Crippen LogP contribution in [0.15, 0.2) is 24.3 Å². The molecular formula is C13H21NO2. The fourth-order valence-electron chi connectivity index (χ4n) is 1.64. The van der Waals surface area contributed by atoms with Crippen LogP contribution in [-0.4, -0.2) is 24.4 Å². The van der Waals surface area contributed by atoms with Crippen LogP contribution in [0.4, 0.5) is 0 Å². The van der Waals surface area contributed by atoms with Gasteiger partial charge in [-0.15, -0.1) is 0 Å².